The van der Waals surface area contributed by atoms with Crippen molar-refractivity contribution in [1.82, 2.24) is 19.6 Å². The lowest BCUT2D eigenvalue weighted by molar-refractivity contribution is -0.191. The molecule has 0 radical (unpaired) electrons. The highest BCUT2D eigenvalue weighted by Crippen LogP contribution is 2.36. The van der Waals surface area contributed by atoms with Gasteiger partial charge < -0.3 is 9.64 Å². The van der Waals surface area contributed by atoms with Gasteiger partial charge in [0.25, 0.3) is 5.91 Å². The van der Waals surface area contributed by atoms with E-state index in [1.165, 1.54) is 0 Å². The molecule has 1 aromatic heterocycles. The van der Waals surface area contributed by atoms with Crippen LogP contribution in [0, 0.1) is 5.92 Å². The van der Waals surface area contributed by atoms with Crippen LogP contribution in [0.4, 0.5) is 13.2 Å². The SMILES string of the molecule is Cn1ncc2cc(-c3ccc(C4=NC5(CCOCC5)C(=O)N4CC4CN(C(=O)C(F)(F)F)C4)cc3)ccc21. The number of aryl methyl sites for hydroxylation is 1. The first-order valence-corrected chi connectivity index (χ1v) is 12.5. The summed E-state index contributed by atoms with van der Waals surface area (Å²) < 4.78 is 45.6. The molecule has 0 atom stereocenters. The number of nitrogens with zero attached hydrogens (tertiary/aromatic N) is 5. The molecule has 2 fully saturated rings. The Morgan fingerprint density at radius 2 is 1.71 bits per heavy atom. The molecule has 0 N–H and O–H groups in total. The van der Waals surface area contributed by atoms with Crippen molar-refractivity contribution in [3.63, 3.8) is 0 Å². The fourth-order valence-corrected chi connectivity index (χ4v) is 5.53. The van der Waals surface area contributed by atoms with E-state index in [1.54, 1.807) is 4.90 Å². The molecule has 2 saturated heterocycles. The quantitative estimate of drug-likeness (QED) is 0.523. The molecule has 2 aromatic carbocycles. The van der Waals surface area contributed by atoms with Crippen LogP contribution >= 0.6 is 0 Å². The number of fused-ring (bicyclic) bond motifs is 1. The molecule has 4 heterocycles. The summed E-state index contributed by atoms with van der Waals surface area (Å²) in [6, 6.07) is 13.9. The predicted molar refractivity (Wildman–Crippen MR) is 133 cm³/mol. The fraction of sp³-hybridized carbons (Fsp3) is 0.407. The normalized spacial score (nSPS) is 19.8. The number of amides is 2. The summed E-state index contributed by atoms with van der Waals surface area (Å²) in [5.74, 6) is -1.72. The number of hydrogen-bond acceptors (Lipinski definition) is 5. The molecule has 3 aromatic rings. The third-order valence-electron chi connectivity index (χ3n) is 7.69. The number of aromatic nitrogens is 2. The van der Waals surface area contributed by atoms with Gasteiger partial charge in [0, 0.05) is 69.6 Å². The zero-order valence-corrected chi connectivity index (χ0v) is 20.7. The summed E-state index contributed by atoms with van der Waals surface area (Å²) in [6.45, 7) is 0.969. The van der Waals surface area contributed by atoms with Gasteiger partial charge in [0.1, 0.15) is 11.4 Å². The van der Waals surface area contributed by atoms with Gasteiger partial charge in [0.15, 0.2) is 0 Å². The van der Waals surface area contributed by atoms with Crippen molar-refractivity contribution < 1.29 is 27.5 Å². The minimum Gasteiger partial charge on any atom is -0.381 e. The standard InChI is InChI=1S/C27H26F3N5O3/c1-33-22-7-6-20(12-21(22)13-31-33)18-2-4-19(5-3-18)23-32-26(8-10-38-11-9-26)24(36)35(23)16-17-14-34(15-17)25(37)27(28,29)30/h2-7,12-13,17H,8-11,14-16H2,1H3. The number of amidine groups is 1. The number of carbonyl (C=O) groups is 2. The maximum atomic E-state index is 13.6. The third-order valence-corrected chi connectivity index (χ3v) is 7.69. The number of alkyl halides is 3. The lowest BCUT2D eigenvalue weighted by Crippen LogP contribution is -2.58. The molecule has 198 valence electrons. The number of hydrogen-bond donors (Lipinski definition) is 0. The summed E-state index contributed by atoms with van der Waals surface area (Å²) in [7, 11) is 1.90. The van der Waals surface area contributed by atoms with Crippen LogP contribution in [0.25, 0.3) is 22.0 Å². The first-order chi connectivity index (χ1) is 18.1. The Labute approximate surface area is 216 Å². The third kappa shape index (κ3) is 4.14. The van der Waals surface area contributed by atoms with E-state index in [2.05, 4.69) is 11.2 Å². The highest BCUT2D eigenvalue weighted by Gasteiger charge is 2.51. The van der Waals surface area contributed by atoms with E-state index >= 15 is 0 Å². The van der Waals surface area contributed by atoms with Crippen LogP contribution in [-0.4, -0.2) is 81.8 Å². The second kappa shape index (κ2) is 8.93. The Hall–Kier alpha value is -3.73. The van der Waals surface area contributed by atoms with Crippen molar-refractivity contribution in [3.8, 4) is 11.1 Å². The van der Waals surface area contributed by atoms with Crippen LogP contribution in [-0.2, 0) is 21.4 Å². The number of benzene rings is 2. The molecule has 6 rings (SSSR count). The minimum absolute atomic E-state index is 0.0404. The van der Waals surface area contributed by atoms with E-state index in [-0.39, 0.29) is 31.5 Å². The van der Waals surface area contributed by atoms with Gasteiger partial charge in [-0.15, -0.1) is 0 Å². The number of likely N-dealkylation sites (tertiary alicyclic amines) is 1. The maximum absolute atomic E-state index is 13.6. The summed E-state index contributed by atoms with van der Waals surface area (Å²) in [5.41, 5.74) is 2.91. The summed E-state index contributed by atoms with van der Waals surface area (Å²) in [6.07, 6.45) is -2.16. The number of rotatable bonds is 4. The van der Waals surface area contributed by atoms with Crippen molar-refractivity contribution in [1.29, 1.82) is 0 Å². The molecule has 0 aliphatic carbocycles. The van der Waals surface area contributed by atoms with Crippen LogP contribution < -0.4 is 0 Å². The first-order valence-electron chi connectivity index (χ1n) is 12.5. The van der Waals surface area contributed by atoms with E-state index in [4.69, 9.17) is 9.73 Å². The molecule has 8 nitrogen and oxygen atoms in total. The van der Waals surface area contributed by atoms with Gasteiger partial charge in [-0.3, -0.25) is 24.2 Å². The Morgan fingerprint density at radius 1 is 1.05 bits per heavy atom. The van der Waals surface area contributed by atoms with Crippen molar-refractivity contribution in [2.24, 2.45) is 18.0 Å². The topological polar surface area (TPSA) is 80.0 Å². The van der Waals surface area contributed by atoms with Gasteiger partial charge in [-0.05, 0) is 23.3 Å². The zero-order chi connectivity index (χ0) is 26.7. The molecule has 2 amide bonds. The smallest absolute Gasteiger partial charge is 0.381 e. The molecule has 3 aliphatic heterocycles. The van der Waals surface area contributed by atoms with Crippen molar-refractivity contribution in [2.45, 2.75) is 24.6 Å². The van der Waals surface area contributed by atoms with Crippen LogP contribution in [0.1, 0.15) is 18.4 Å². The van der Waals surface area contributed by atoms with Crippen LogP contribution in [0.15, 0.2) is 53.7 Å². The lowest BCUT2D eigenvalue weighted by Gasteiger charge is -2.41. The molecule has 38 heavy (non-hydrogen) atoms. The van der Waals surface area contributed by atoms with Crippen molar-refractivity contribution in [2.75, 3.05) is 32.8 Å². The lowest BCUT2D eigenvalue weighted by atomic mass is 9.90. The number of halogens is 3. The van der Waals surface area contributed by atoms with Gasteiger partial charge in [0.05, 0.1) is 11.7 Å². The molecule has 1 spiro atoms. The van der Waals surface area contributed by atoms with Crippen LogP contribution in [0.2, 0.25) is 0 Å². The molecule has 0 unspecified atom stereocenters. The van der Waals surface area contributed by atoms with Crippen molar-refractivity contribution in [3.05, 3.63) is 54.2 Å². The highest BCUT2D eigenvalue weighted by atomic mass is 19.4. The molecule has 11 heteroatoms. The van der Waals surface area contributed by atoms with Crippen molar-refractivity contribution >= 4 is 28.6 Å². The Balaban J connectivity index is 1.25. The largest absolute Gasteiger partial charge is 0.471 e. The second-order valence-corrected chi connectivity index (χ2v) is 10.2. The van der Waals surface area contributed by atoms with E-state index in [1.807, 2.05) is 54.3 Å². The van der Waals surface area contributed by atoms with Gasteiger partial charge in [0.2, 0.25) is 0 Å². The number of aliphatic imine (C=N–C) groups is 1. The summed E-state index contributed by atoms with van der Waals surface area (Å²) >= 11 is 0. The van der Waals surface area contributed by atoms with Crippen LogP contribution in [0.3, 0.4) is 0 Å². The van der Waals surface area contributed by atoms with E-state index in [0.29, 0.717) is 31.9 Å². The maximum Gasteiger partial charge on any atom is 0.471 e. The van der Waals surface area contributed by atoms with Gasteiger partial charge in [-0.1, -0.05) is 30.3 Å². The molecular formula is C27H26F3N5O3. The predicted octanol–water partition coefficient (Wildman–Crippen LogP) is 3.40. The summed E-state index contributed by atoms with van der Waals surface area (Å²) in [4.78, 5) is 32.4. The van der Waals surface area contributed by atoms with Gasteiger partial charge in [-0.2, -0.15) is 18.3 Å². The minimum atomic E-state index is -4.89. The molecule has 0 saturated carbocycles. The Bertz CT molecular complexity index is 1430. The Morgan fingerprint density at radius 3 is 2.39 bits per heavy atom. The zero-order valence-electron chi connectivity index (χ0n) is 20.7. The first kappa shape index (κ1) is 24.6. The van der Waals surface area contributed by atoms with Crippen LogP contribution in [0.5, 0.6) is 0 Å². The summed E-state index contributed by atoms with van der Waals surface area (Å²) in [5, 5.41) is 5.33. The van der Waals surface area contributed by atoms with Gasteiger partial charge >= 0.3 is 12.1 Å². The Kier molecular flexibility index (Phi) is 5.78. The number of ether oxygens (including phenoxy) is 1. The molecule has 0 bridgehead atoms. The number of carbonyl (C=O) groups excluding carboxylic acids is 2. The molecule has 3 aliphatic rings. The molecular weight excluding hydrogens is 499 g/mol. The van der Waals surface area contributed by atoms with E-state index in [0.717, 1.165) is 32.5 Å². The highest BCUT2D eigenvalue weighted by molar-refractivity contribution is 6.15. The van der Waals surface area contributed by atoms with E-state index < -0.39 is 17.6 Å². The average molecular weight is 526 g/mol. The fourth-order valence-electron chi connectivity index (χ4n) is 5.53. The monoisotopic (exact) mass is 525 g/mol. The average Bonchev–Trinajstić information content (AvgIpc) is 3.38. The van der Waals surface area contributed by atoms with Gasteiger partial charge in [-0.25, -0.2) is 0 Å². The van der Waals surface area contributed by atoms with E-state index in [9.17, 15) is 22.8 Å². The second-order valence-electron chi connectivity index (χ2n) is 10.2.